The maximum atomic E-state index is 14.6. The van der Waals surface area contributed by atoms with Gasteiger partial charge in [0, 0.05) is 12.6 Å². The molecular weight excluding hydrogens is 489 g/mol. The molecule has 0 aromatic heterocycles. The largest absolute Gasteiger partial charge is 0.497 e. The average molecular weight is 523 g/mol. The Morgan fingerprint density at radius 2 is 1.65 bits per heavy atom. The molecule has 0 atom stereocenters. The van der Waals surface area contributed by atoms with E-state index in [1.54, 1.807) is 45.0 Å². The number of methoxy groups -OCH3 is 1. The van der Waals surface area contributed by atoms with Gasteiger partial charge < -0.3 is 24.8 Å². The second-order valence-electron chi connectivity index (χ2n) is 10.1. The van der Waals surface area contributed by atoms with E-state index in [0.717, 1.165) is 0 Å². The topological polar surface area (TPSA) is 85.9 Å². The van der Waals surface area contributed by atoms with Gasteiger partial charge in [0.15, 0.2) is 17.4 Å². The zero-order chi connectivity index (χ0) is 27.2. The maximum Gasteiger partial charge on any atom is 0.407 e. The van der Waals surface area contributed by atoms with Gasteiger partial charge in [-0.1, -0.05) is 12.1 Å². The second kappa shape index (κ2) is 12.2. The van der Waals surface area contributed by atoms with Gasteiger partial charge in [0.1, 0.15) is 18.0 Å². The van der Waals surface area contributed by atoms with E-state index >= 15 is 0 Å². The normalized spacial score (nSPS) is 17.6. The van der Waals surface area contributed by atoms with Crippen molar-refractivity contribution in [3.8, 4) is 11.5 Å². The fourth-order valence-electron chi connectivity index (χ4n) is 4.07. The number of hydrogen-bond donors (Lipinski definition) is 2. The van der Waals surface area contributed by atoms with Crippen LogP contribution in [0, 0.1) is 23.4 Å². The predicted octanol–water partition coefficient (Wildman–Crippen LogP) is 5.50. The highest BCUT2D eigenvalue weighted by Gasteiger charge is 2.27. The monoisotopic (exact) mass is 522 g/mol. The van der Waals surface area contributed by atoms with Crippen molar-refractivity contribution >= 4 is 12.0 Å². The molecule has 10 heteroatoms. The Bertz CT molecular complexity index is 1090. The van der Waals surface area contributed by atoms with Gasteiger partial charge in [0.25, 0.3) is 5.91 Å². The van der Waals surface area contributed by atoms with Crippen LogP contribution in [0.25, 0.3) is 0 Å². The summed E-state index contributed by atoms with van der Waals surface area (Å²) in [4.78, 5) is 24.4. The molecular formula is C27H33F3N2O5. The molecule has 0 unspecified atom stereocenters. The van der Waals surface area contributed by atoms with E-state index in [-0.39, 0.29) is 25.1 Å². The lowest BCUT2D eigenvalue weighted by Gasteiger charge is -2.30. The quantitative estimate of drug-likeness (QED) is 0.447. The Morgan fingerprint density at radius 3 is 2.24 bits per heavy atom. The van der Waals surface area contributed by atoms with E-state index in [0.29, 0.717) is 43.1 Å². The molecule has 37 heavy (non-hydrogen) atoms. The summed E-state index contributed by atoms with van der Waals surface area (Å²) in [7, 11) is 1.51. The van der Waals surface area contributed by atoms with E-state index in [9.17, 15) is 22.8 Å². The first-order valence-electron chi connectivity index (χ1n) is 12.2. The molecule has 1 saturated carbocycles. The van der Waals surface area contributed by atoms with Crippen LogP contribution in [-0.4, -0.2) is 37.3 Å². The summed E-state index contributed by atoms with van der Waals surface area (Å²) in [6.07, 6.45) is 2.34. The van der Waals surface area contributed by atoms with Crippen LogP contribution in [-0.2, 0) is 11.3 Å². The fourth-order valence-corrected chi connectivity index (χ4v) is 4.07. The lowest BCUT2D eigenvalue weighted by molar-refractivity contribution is 0.0487. The van der Waals surface area contributed by atoms with Gasteiger partial charge in [-0.15, -0.1) is 0 Å². The number of halogens is 3. The minimum Gasteiger partial charge on any atom is -0.497 e. The lowest BCUT2D eigenvalue weighted by Crippen LogP contribution is -2.42. The number of benzene rings is 2. The molecule has 2 aromatic carbocycles. The SMILES string of the molecule is COc1ccc(COc2c(F)cc(C(=O)NCC3CCC(NC(=O)OC(C)(C)C)CC3)c(F)c2F)cc1. The van der Waals surface area contributed by atoms with Gasteiger partial charge in [-0.05, 0) is 76.1 Å². The van der Waals surface area contributed by atoms with Crippen LogP contribution in [0.3, 0.4) is 0 Å². The summed E-state index contributed by atoms with van der Waals surface area (Å²) in [5.74, 6) is -5.32. The molecule has 3 rings (SSSR count). The zero-order valence-electron chi connectivity index (χ0n) is 21.5. The molecule has 2 amide bonds. The lowest BCUT2D eigenvalue weighted by atomic mass is 9.86. The number of carbonyl (C=O) groups excluding carboxylic acids is 2. The van der Waals surface area contributed by atoms with Crippen molar-refractivity contribution in [2.24, 2.45) is 5.92 Å². The molecule has 1 fully saturated rings. The molecule has 7 nitrogen and oxygen atoms in total. The Morgan fingerprint density at radius 1 is 1.00 bits per heavy atom. The average Bonchev–Trinajstić information content (AvgIpc) is 2.84. The molecule has 1 aliphatic carbocycles. The molecule has 0 spiro atoms. The van der Waals surface area contributed by atoms with Crippen LogP contribution in [0.4, 0.5) is 18.0 Å². The van der Waals surface area contributed by atoms with Gasteiger partial charge in [0.2, 0.25) is 5.82 Å². The smallest absolute Gasteiger partial charge is 0.407 e. The molecule has 0 bridgehead atoms. The summed E-state index contributed by atoms with van der Waals surface area (Å²) in [6.45, 7) is 5.38. The van der Waals surface area contributed by atoms with Gasteiger partial charge >= 0.3 is 6.09 Å². The first kappa shape index (κ1) is 28.1. The number of rotatable bonds is 8. The van der Waals surface area contributed by atoms with Crippen LogP contribution >= 0.6 is 0 Å². The highest BCUT2D eigenvalue weighted by Crippen LogP contribution is 2.29. The first-order valence-corrected chi connectivity index (χ1v) is 12.2. The first-order chi connectivity index (χ1) is 17.5. The molecule has 202 valence electrons. The summed E-state index contributed by atoms with van der Waals surface area (Å²) in [5, 5.41) is 5.40. The van der Waals surface area contributed by atoms with E-state index in [2.05, 4.69) is 10.6 Å². The van der Waals surface area contributed by atoms with Crippen LogP contribution in [0.5, 0.6) is 11.5 Å². The highest BCUT2D eigenvalue weighted by molar-refractivity contribution is 5.94. The van der Waals surface area contributed by atoms with Crippen molar-refractivity contribution in [3.05, 3.63) is 58.9 Å². The molecule has 0 saturated heterocycles. The van der Waals surface area contributed by atoms with E-state index in [1.165, 1.54) is 7.11 Å². The van der Waals surface area contributed by atoms with Crippen molar-refractivity contribution in [2.45, 2.75) is 64.7 Å². The van der Waals surface area contributed by atoms with Crippen molar-refractivity contribution < 1.29 is 37.0 Å². The number of nitrogens with one attached hydrogen (secondary N) is 2. The molecule has 0 radical (unpaired) electrons. The molecule has 0 aliphatic heterocycles. The van der Waals surface area contributed by atoms with Crippen LogP contribution in [0.15, 0.2) is 30.3 Å². The second-order valence-corrected chi connectivity index (χ2v) is 10.1. The van der Waals surface area contributed by atoms with Gasteiger partial charge in [-0.2, -0.15) is 4.39 Å². The minimum atomic E-state index is -1.56. The van der Waals surface area contributed by atoms with Crippen molar-refractivity contribution in [1.29, 1.82) is 0 Å². The van der Waals surface area contributed by atoms with Crippen molar-refractivity contribution in [2.75, 3.05) is 13.7 Å². The van der Waals surface area contributed by atoms with Crippen molar-refractivity contribution in [3.63, 3.8) is 0 Å². The number of amides is 2. The third-order valence-electron chi connectivity index (χ3n) is 6.02. The Kier molecular flexibility index (Phi) is 9.29. The third kappa shape index (κ3) is 8.03. The Hall–Kier alpha value is -3.43. The molecule has 2 N–H and O–H groups in total. The molecule has 1 aliphatic rings. The van der Waals surface area contributed by atoms with E-state index in [1.807, 2.05) is 0 Å². The fraction of sp³-hybridized carbons (Fsp3) is 0.481. The predicted molar refractivity (Wildman–Crippen MR) is 131 cm³/mol. The highest BCUT2D eigenvalue weighted by atomic mass is 19.2. The molecule has 2 aromatic rings. The van der Waals surface area contributed by atoms with Crippen LogP contribution in [0.2, 0.25) is 0 Å². The van der Waals surface area contributed by atoms with Gasteiger partial charge in [0.05, 0.1) is 12.7 Å². The number of alkyl carbamates (subject to hydrolysis) is 1. The van der Waals surface area contributed by atoms with Crippen molar-refractivity contribution in [1.82, 2.24) is 10.6 Å². The maximum absolute atomic E-state index is 14.6. The van der Waals surface area contributed by atoms with E-state index in [4.69, 9.17) is 14.2 Å². The standard InChI is InChI=1S/C27H33F3N2O5/c1-27(2,3)37-26(34)32-18-9-5-16(6-10-18)14-31-25(33)20-13-21(28)24(23(30)22(20)29)36-15-17-7-11-19(35-4)12-8-17/h7-8,11-13,16,18H,5-6,9-10,14-15H2,1-4H3,(H,31,33)(H,32,34). The zero-order valence-corrected chi connectivity index (χ0v) is 21.5. The van der Waals surface area contributed by atoms with Gasteiger partial charge in [-0.25, -0.2) is 13.6 Å². The third-order valence-corrected chi connectivity index (χ3v) is 6.02. The molecule has 0 heterocycles. The summed E-state index contributed by atoms with van der Waals surface area (Å²) in [6, 6.07) is 7.21. The van der Waals surface area contributed by atoms with E-state index < -0.39 is 46.4 Å². The minimum absolute atomic E-state index is 0.0344. The Balaban J connectivity index is 1.51. The van der Waals surface area contributed by atoms with Gasteiger partial charge in [-0.3, -0.25) is 4.79 Å². The summed E-state index contributed by atoms with van der Waals surface area (Å²) >= 11 is 0. The number of carbonyl (C=O) groups is 2. The summed E-state index contributed by atoms with van der Waals surface area (Å²) in [5.41, 5.74) is -0.717. The van der Waals surface area contributed by atoms with Crippen LogP contribution in [0.1, 0.15) is 62.4 Å². The summed E-state index contributed by atoms with van der Waals surface area (Å²) < 4.78 is 59.2. The Labute approximate surface area is 214 Å². The van der Waals surface area contributed by atoms with Crippen LogP contribution < -0.4 is 20.1 Å². The number of hydrogen-bond acceptors (Lipinski definition) is 5. The number of ether oxygens (including phenoxy) is 3.